The first-order valence-electron chi connectivity index (χ1n) is 7.45. The van der Waals surface area contributed by atoms with Gasteiger partial charge in [0.1, 0.15) is 5.75 Å². The second kappa shape index (κ2) is 8.44. The van der Waals surface area contributed by atoms with Crippen LogP contribution in [0.5, 0.6) is 5.75 Å². The van der Waals surface area contributed by atoms with Crippen LogP contribution in [-0.4, -0.2) is 12.5 Å². The number of benzene rings is 2. The van der Waals surface area contributed by atoms with Crippen molar-refractivity contribution in [2.24, 2.45) is 0 Å². The maximum atomic E-state index is 12.1. The van der Waals surface area contributed by atoms with Crippen LogP contribution in [0, 0.1) is 0 Å². The number of halogens is 1. The standard InChI is InChI=1S/C18H20ClNO2/c1-2-3-12-22-16-10-8-14(9-11-16)18(21)20-13-15-6-4-5-7-17(15)19/h4-11H,2-3,12-13H2,1H3,(H,20,21). The monoisotopic (exact) mass is 317 g/mol. The minimum absolute atomic E-state index is 0.125. The van der Waals surface area contributed by atoms with E-state index in [0.717, 1.165) is 24.2 Å². The third-order valence-corrected chi connectivity index (χ3v) is 3.65. The quantitative estimate of drug-likeness (QED) is 0.766. The summed E-state index contributed by atoms with van der Waals surface area (Å²) in [6.45, 7) is 3.23. The average molecular weight is 318 g/mol. The fourth-order valence-electron chi connectivity index (χ4n) is 1.96. The molecule has 1 amide bonds. The molecule has 3 nitrogen and oxygen atoms in total. The Balaban J connectivity index is 1.88. The van der Waals surface area contributed by atoms with E-state index in [-0.39, 0.29) is 5.91 Å². The first-order valence-corrected chi connectivity index (χ1v) is 7.83. The lowest BCUT2D eigenvalue weighted by atomic mass is 10.2. The summed E-state index contributed by atoms with van der Waals surface area (Å²) in [5.74, 6) is 0.663. The smallest absolute Gasteiger partial charge is 0.251 e. The highest BCUT2D eigenvalue weighted by Gasteiger charge is 2.06. The van der Waals surface area contributed by atoms with Gasteiger partial charge in [-0.25, -0.2) is 0 Å². The van der Waals surface area contributed by atoms with Crippen molar-refractivity contribution in [2.75, 3.05) is 6.61 Å². The molecule has 4 heteroatoms. The van der Waals surface area contributed by atoms with Gasteiger partial charge < -0.3 is 10.1 Å². The summed E-state index contributed by atoms with van der Waals surface area (Å²) in [6.07, 6.45) is 2.13. The lowest BCUT2D eigenvalue weighted by molar-refractivity contribution is 0.0951. The van der Waals surface area contributed by atoms with Gasteiger partial charge in [0.15, 0.2) is 0 Å². The van der Waals surface area contributed by atoms with Gasteiger partial charge in [0.25, 0.3) is 5.91 Å². The van der Waals surface area contributed by atoms with Gasteiger partial charge in [0.2, 0.25) is 0 Å². The number of rotatable bonds is 7. The molecule has 0 aliphatic heterocycles. The van der Waals surface area contributed by atoms with Gasteiger partial charge in [-0.05, 0) is 42.3 Å². The summed E-state index contributed by atoms with van der Waals surface area (Å²) < 4.78 is 5.58. The molecular formula is C18H20ClNO2. The predicted molar refractivity (Wildman–Crippen MR) is 89.5 cm³/mol. The van der Waals surface area contributed by atoms with Crippen molar-refractivity contribution in [1.82, 2.24) is 5.32 Å². The Bertz CT molecular complexity index is 611. The molecule has 1 N–H and O–H groups in total. The summed E-state index contributed by atoms with van der Waals surface area (Å²) in [4.78, 5) is 12.1. The summed E-state index contributed by atoms with van der Waals surface area (Å²) in [5.41, 5.74) is 1.51. The molecule has 0 atom stereocenters. The van der Waals surface area contributed by atoms with Crippen molar-refractivity contribution in [3.05, 3.63) is 64.7 Å². The minimum Gasteiger partial charge on any atom is -0.494 e. The van der Waals surface area contributed by atoms with Crippen molar-refractivity contribution in [2.45, 2.75) is 26.3 Å². The van der Waals surface area contributed by atoms with Gasteiger partial charge in [-0.15, -0.1) is 0 Å². The van der Waals surface area contributed by atoms with E-state index in [9.17, 15) is 4.79 Å². The zero-order valence-electron chi connectivity index (χ0n) is 12.6. The van der Waals surface area contributed by atoms with E-state index < -0.39 is 0 Å². The molecule has 0 aromatic heterocycles. The average Bonchev–Trinajstić information content (AvgIpc) is 2.55. The second-order valence-electron chi connectivity index (χ2n) is 5.00. The Labute approximate surface area is 136 Å². The molecule has 2 aromatic rings. The number of unbranched alkanes of at least 4 members (excludes halogenated alkanes) is 1. The maximum Gasteiger partial charge on any atom is 0.251 e. The minimum atomic E-state index is -0.125. The molecule has 0 spiro atoms. The molecule has 0 fully saturated rings. The van der Waals surface area contributed by atoms with Crippen LogP contribution < -0.4 is 10.1 Å². The second-order valence-corrected chi connectivity index (χ2v) is 5.41. The third-order valence-electron chi connectivity index (χ3n) is 3.28. The zero-order valence-corrected chi connectivity index (χ0v) is 13.4. The van der Waals surface area contributed by atoms with Gasteiger partial charge in [0.05, 0.1) is 6.61 Å². The van der Waals surface area contributed by atoms with Gasteiger partial charge in [-0.1, -0.05) is 43.1 Å². The molecule has 22 heavy (non-hydrogen) atoms. The Morgan fingerprint density at radius 3 is 2.55 bits per heavy atom. The molecular weight excluding hydrogens is 298 g/mol. The molecule has 2 aromatic carbocycles. The van der Waals surface area contributed by atoms with Crippen molar-refractivity contribution in [1.29, 1.82) is 0 Å². The lowest BCUT2D eigenvalue weighted by Crippen LogP contribution is -2.22. The number of amides is 1. The fraction of sp³-hybridized carbons (Fsp3) is 0.278. The highest BCUT2D eigenvalue weighted by Crippen LogP contribution is 2.15. The van der Waals surface area contributed by atoms with Crippen LogP contribution >= 0.6 is 11.6 Å². The van der Waals surface area contributed by atoms with Gasteiger partial charge in [-0.3, -0.25) is 4.79 Å². The Kier molecular flexibility index (Phi) is 6.28. The molecule has 0 bridgehead atoms. The first kappa shape index (κ1) is 16.4. The van der Waals surface area contributed by atoms with Crippen molar-refractivity contribution in [3.63, 3.8) is 0 Å². The van der Waals surface area contributed by atoms with Gasteiger partial charge in [0, 0.05) is 17.1 Å². The molecule has 116 valence electrons. The van der Waals surface area contributed by atoms with Crippen LogP contribution in [0.25, 0.3) is 0 Å². The highest BCUT2D eigenvalue weighted by atomic mass is 35.5. The molecule has 0 aliphatic rings. The topological polar surface area (TPSA) is 38.3 Å². The summed E-state index contributed by atoms with van der Waals surface area (Å²) in [7, 11) is 0. The Morgan fingerprint density at radius 2 is 1.86 bits per heavy atom. The molecule has 0 aliphatic carbocycles. The lowest BCUT2D eigenvalue weighted by Gasteiger charge is -2.08. The maximum absolute atomic E-state index is 12.1. The zero-order chi connectivity index (χ0) is 15.8. The van der Waals surface area contributed by atoms with E-state index >= 15 is 0 Å². The Morgan fingerprint density at radius 1 is 1.14 bits per heavy atom. The van der Waals surface area contributed by atoms with Crippen LogP contribution in [0.2, 0.25) is 5.02 Å². The van der Waals surface area contributed by atoms with Crippen LogP contribution in [0.1, 0.15) is 35.7 Å². The van der Waals surface area contributed by atoms with E-state index in [1.54, 1.807) is 12.1 Å². The molecule has 0 saturated carbocycles. The van der Waals surface area contributed by atoms with Crippen LogP contribution in [0.15, 0.2) is 48.5 Å². The normalized spacial score (nSPS) is 10.3. The number of hydrogen-bond acceptors (Lipinski definition) is 2. The SMILES string of the molecule is CCCCOc1ccc(C(=O)NCc2ccccc2Cl)cc1. The van der Waals surface area contributed by atoms with Crippen molar-refractivity contribution < 1.29 is 9.53 Å². The molecule has 0 unspecified atom stereocenters. The summed E-state index contributed by atoms with van der Waals surface area (Å²) in [6, 6.07) is 14.6. The van der Waals surface area contributed by atoms with Crippen LogP contribution in [-0.2, 0) is 6.54 Å². The largest absolute Gasteiger partial charge is 0.494 e. The number of carbonyl (C=O) groups is 1. The van der Waals surface area contributed by atoms with Crippen molar-refractivity contribution >= 4 is 17.5 Å². The summed E-state index contributed by atoms with van der Waals surface area (Å²) in [5, 5.41) is 3.52. The van der Waals surface area contributed by atoms with Crippen molar-refractivity contribution in [3.8, 4) is 5.75 Å². The van der Waals surface area contributed by atoms with Crippen LogP contribution in [0.4, 0.5) is 0 Å². The number of ether oxygens (including phenoxy) is 1. The van der Waals surface area contributed by atoms with E-state index in [0.29, 0.717) is 23.7 Å². The summed E-state index contributed by atoms with van der Waals surface area (Å²) >= 11 is 6.07. The van der Waals surface area contributed by atoms with E-state index in [4.69, 9.17) is 16.3 Å². The fourth-order valence-corrected chi connectivity index (χ4v) is 2.16. The third kappa shape index (κ3) is 4.78. The number of carbonyl (C=O) groups excluding carboxylic acids is 1. The molecule has 0 saturated heterocycles. The van der Waals surface area contributed by atoms with E-state index in [2.05, 4.69) is 12.2 Å². The van der Waals surface area contributed by atoms with Gasteiger partial charge >= 0.3 is 0 Å². The Hall–Kier alpha value is -2.00. The molecule has 0 radical (unpaired) electrons. The predicted octanol–water partition coefficient (Wildman–Crippen LogP) is 4.45. The van der Waals surface area contributed by atoms with Crippen LogP contribution in [0.3, 0.4) is 0 Å². The first-order chi connectivity index (χ1) is 10.7. The number of hydrogen-bond donors (Lipinski definition) is 1. The van der Waals surface area contributed by atoms with E-state index in [1.165, 1.54) is 0 Å². The molecule has 2 rings (SSSR count). The number of nitrogens with one attached hydrogen (secondary N) is 1. The highest BCUT2D eigenvalue weighted by molar-refractivity contribution is 6.31. The molecule has 0 heterocycles. The van der Waals surface area contributed by atoms with Gasteiger partial charge in [-0.2, -0.15) is 0 Å². The van der Waals surface area contributed by atoms with E-state index in [1.807, 2.05) is 36.4 Å².